The zero-order valence-electron chi connectivity index (χ0n) is 20.2. The van der Waals surface area contributed by atoms with E-state index in [9.17, 15) is 9.59 Å². The van der Waals surface area contributed by atoms with Gasteiger partial charge in [-0.1, -0.05) is 0 Å². The number of carbonyl (C=O) groups is 2. The first-order valence-corrected chi connectivity index (χ1v) is 11.7. The molecule has 1 aliphatic carbocycles. The van der Waals surface area contributed by atoms with Crippen molar-refractivity contribution in [2.45, 2.75) is 44.7 Å². The second-order valence-electron chi connectivity index (χ2n) is 8.57. The van der Waals surface area contributed by atoms with Gasteiger partial charge in [-0.25, -0.2) is 9.97 Å². The van der Waals surface area contributed by atoms with Gasteiger partial charge < -0.3 is 29.8 Å². The number of benzene rings is 1. The van der Waals surface area contributed by atoms with Crippen LogP contribution in [0.25, 0.3) is 22.3 Å². The fourth-order valence-corrected chi connectivity index (χ4v) is 4.43. The minimum absolute atomic E-state index is 0.0177. The summed E-state index contributed by atoms with van der Waals surface area (Å²) >= 11 is 0. The molecular formula is C25H31N5O5. The van der Waals surface area contributed by atoms with Gasteiger partial charge in [-0.3, -0.25) is 9.59 Å². The van der Waals surface area contributed by atoms with Crippen molar-refractivity contribution < 1.29 is 23.8 Å². The van der Waals surface area contributed by atoms with Crippen LogP contribution in [-0.2, 0) is 9.53 Å². The summed E-state index contributed by atoms with van der Waals surface area (Å²) in [5.74, 6) is 1.05. The molecule has 3 aromatic rings. The number of amides is 2. The molecule has 0 unspecified atom stereocenters. The number of hydrogen-bond acceptors (Lipinski definition) is 7. The summed E-state index contributed by atoms with van der Waals surface area (Å²) in [6.07, 6.45) is 6.42. The Morgan fingerprint density at radius 3 is 2.49 bits per heavy atom. The second kappa shape index (κ2) is 11.2. The number of rotatable bonds is 9. The Bertz CT molecular complexity index is 1190. The maximum Gasteiger partial charge on any atom is 0.255 e. The van der Waals surface area contributed by atoms with Crippen LogP contribution in [0.15, 0.2) is 30.7 Å². The highest BCUT2D eigenvalue weighted by Crippen LogP contribution is 2.36. The van der Waals surface area contributed by atoms with Gasteiger partial charge in [0.05, 0.1) is 24.8 Å². The molecule has 1 aliphatic rings. The highest BCUT2D eigenvalue weighted by Gasteiger charge is 2.25. The van der Waals surface area contributed by atoms with Crippen molar-refractivity contribution in [3.63, 3.8) is 0 Å². The van der Waals surface area contributed by atoms with E-state index >= 15 is 0 Å². The third kappa shape index (κ3) is 5.71. The Kier molecular flexibility index (Phi) is 7.81. The van der Waals surface area contributed by atoms with E-state index in [1.807, 2.05) is 12.1 Å². The third-order valence-electron chi connectivity index (χ3n) is 6.17. The maximum absolute atomic E-state index is 13.1. The summed E-state index contributed by atoms with van der Waals surface area (Å²) in [6.45, 7) is 2.34. The number of ether oxygens (including phenoxy) is 3. The quantitative estimate of drug-likeness (QED) is 0.401. The first-order valence-electron chi connectivity index (χ1n) is 11.7. The lowest BCUT2D eigenvalue weighted by Gasteiger charge is -2.29. The van der Waals surface area contributed by atoms with Gasteiger partial charge in [0.25, 0.3) is 5.91 Å². The highest BCUT2D eigenvalue weighted by molar-refractivity contribution is 6.08. The van der Waals surface area contributed by atoms with Crippen LogP contribution in [0.4, 0.5) is 0 Å². The fourth-order valence-electron chi connectivity index (χ4n) is 4.43. The Morgan fingerprint density at radius 2 is 1.80 bits per heavy atom. The van der Waals surface area contributed by atoms with Crippen LogP contribution in [-0.4, -0.2) is 66.3 Å². The van der Waals surface area contributed by atoms with Crippen molar-refractivity contribution >= 4 is 22.8 Å². The molecule has 2 heterocycles. The largest absolute Gasteiger partial charge is 0.497 e. The molecule has 1 aromatic carbocycles. The van der Waals surface area contributed by atoms with Gasteiger partial charge in [-0.2, -0.15) is 0 Å². The van der Waals surface area contributed by atoms with Crippen LogP contribution in [0.3, 0.4) is 0 Å². The van der Waals surface area contributed by atoms with Crippen LogP contribution in [0.2, 0.25) is 0 Å². The fraction of sp³-hybridized carbons (Fsp3) is 0.440. The van der Waals surface area contributed by atoms with Crippen molar-refractivity contribution in [2.75, 3.05) is 27.4 Å². The smallest absolute Gasteiger partial charge is 0.255 e. The van der Waals surface area contributed by atoms with Crippen LogP contribution in [0.1, 0.15) is 43.0 Å². The lowest BCUT2D eigenvalue weighted by Crippen LogP contribution is -2.43. The number of nitrogens with one attached hydrogen (secondary N) is 3. The predicted octanol–water partition coefficient (Wildman–Crippen LogP) is 2.84. The molecule has 186 valence electrons. The Balaban J connectivity index is 1.55. The summed E-state index contributed by atoms with van der Waals surface area (Å²) in [4.78, 5) is 36.4. The number of H-pyrrole nitrogens is 1. The number of hydrogen-bond donors (Lipinski definition) is 3. The van der Waals surface area contributed by atoms with Crippen molar-refractivity contribution in [3.8, 4) is 22.8 Å². The minimum atomic E-state index is -0.185. The number of nitrogens with zero attached hydrogens (tertiary/aromatic N) is 2. The average molecular weight is 482 g/mol. The summed E-state index contributed by atoms with van der Waals surface area (Å²) < 4.78 is 16.4. The Hall–Kier alpha value is -3.66. The Morgan fingerprint density at radius 1 is 1.06 bits per heavy atom. The van der Waals surface area contributed by atoms with E-state index in [1.54, 1.807) is 26.5 Å². The molecule has 0 bridgehead atoms. The average Bonchev–Trinajstić information content (AvgIpc) is 3.30. The van der Waals surface area contributed by atoms with Gasteiger partial charge in [-0.15, -0.1) is 0 Å². The van der Waals surface area contributed by atoms with Crippen LogP contribution in [0.5, 0.6) is 11.5 Å². The molecule has 10 heteroatoms. The summed E-state index contributed by atoms with van der Waals surface area (Å²) in [7, 11) is 3.21. The molecular weight excluding hydrogens is 450 g/mol. The molecule has 0 aliphatic heterocycles. The van der Waals surface area contributed by atoms with Crippen molar-refractivity contribution in [3.05, 3.63) is 36.3 Å². The lowest BCUT2D eigenvalue weighted by molar-refractivity contribution is -0.119. The van der Waals surface area contributed by atoms with Crippen molar-refractivity contribution in [1.82, 2.24) is 25.6 Å². The van der Waals surface area contributed by atoms with Crippen LogP contribution < -0.4 is 20.1 Å². The van der Waals surface area contributed by atoms with Gasteiger partial charge in [-0.05, 0) is 37.8 Å². The van der Waals surface area contributed by atoms with Crippen molar-refractivity contribution in [2.24, 2.45) is 0 Å². The molecule has 2 aromatic heterocycles. The second-order valence-corrected chi connectivity index (χ2v) is 8.57. The number of fused-ring (bicyclic) bond motifs is 1. The molecule has 0 saturated heterocycles. The molecule has 0 radical (unpaired) electrons. The number of methoxy groups -OCH3 is 2. The zero-order chi connectivity index (χ0) is 24.8. The normalized spacial score (nSPS) is 17.7. The molecule has 0 atom stereocenters. The molecule has 35 heavy (non-hydrogen) atoms. The summed E-state index contributed by atoms with van der Waals surface area (Å²) in [6, 6.07) is 5.74. The van der Waals surface area contributed by atoms with Gasteiger partial charge in [0.15, 0.2) is 0 Å². The van der Waals surface area contributed by atoms with Crippen LogP contribution in [0, 0.1) is 0 Å². The van der Waals surface area contributed by atoms with E-state index in [4.69, 9.17) is 14.2 Å². The van der Waals surface area contributed by atoms with Gasteiger partial charge in [0.1, 0.15) is 35.6 Å². The van der Waals surface area contributed by atoms with E-state index in [2.05, 4.69) is 25.6 Å². The van der Waals surface area contributed by atoms with Crippen molar-refractivity contribution in [1.29, 1.82) is 0 Å². The summed E-state index contributed by atoms with van der Waals surface area (Å²) in [5, 5.41) is 6.08. The monoisotopic (exact) mass is 481 g/mol. The highest BCUT2D eigenvalue weighted by atomic mass is 16.5. The lowest BCUT2D eigenvalue weighted by atomic mass is 9.91. The van der Waals surface area contributed by atoms with Gasteiger partial charge >= 0.3 is 0 Å². The van der Waals surface area contributed by atoms with E-state index in [0.717, 1.165) is 31.2 Å². The standard InChI is InChI=1S/C25H31N5O5/c1-15(31)29-16-4-6-17(7-5-16)30-25(32)20-13-26-24-22(27-14-28-23(20)24)19-9-8-18(34-3)12-21(19)35-11-10-33-2/h8-9,12-14,16-17,26H,4-7,10-11H2,1-3H3,(H,29,31)(H,30,32). The van der Waals surface area contributed by atoms with E-state index < -0.39 is 0 Å². The number of aromatic amines is 1. The first-order chi connectivity index (χ1) is 17.0. The molecule has 1 saturated carbocycles. The molecule has 1 fully saturated rings. The zero-order valence-corrected chi connectivity index (χ0v) is 20.2. The van der Waals surface area contributed by atoms with Gasteiger partial charge in [0.2, 0.25) is 5.91 Å². The molecule has 10 nitrogen and oxygen atoms in total. The minimum Gasteiger partial charge on any atom is -0.497 e. The maximum atomic E-state index is 13.1. The number of aromatic nitrogens is 3. The molecule has 4 rings (SSSR count). The topological polar surface area (TPSA) is 127 Å². The van der Waals surface area contributed by atoms with E-state index in [1.165, 1.54) is 13.3 Å². The van der Waals surface area contributed by atoms with E-state index in [-0.39, 0.29) is 23.9 Å². The summed E-state index contributed by atoms with van der Waals surface area (Å²) in [5.41, 5.74) is 3.02. The predicted molar refractivity (Wildman–Crippen MR) is 131 cm³/mol. The molecule has 2 amide bonds. The molecule has 3 N–H and O–H groups in total. The van der Waals surface area contributed by atoms with Gasteiger partial charge in [0, 0.05) is 43.9 Å². The Labute approximate surface area is 203 Å². The van der Waals surface area contributed by atoms with E-state index in [0.29, 0.717) is 47.0 Å². The first kappa shape index (κ1) is 24.5. The SMILES string of the molecule is COCCOc1cc(OC)ccc1-c1ncnc2c(C(=O)NC3CCC(NC(C)=O)CC3)c[nH]c12. The third-order valence-corrected chi connectivity index (χ3v) is 6.17. The van der Waals surface area contributed by atoms with Crippen LogP contribution >= 0.6 is 0 Å². The number of carbonyl (C=O) groups excluding carboxylic acids is 2. The molecule has 0 spiro atoms.